The number of benzene rings is 2. The standard InChI is InChI=1S/C23H22ClN3O2/c1-13-6-5-7-14(2)20(13)22(28)27-23(29)26-19-12-15(3)21(16(4)25-19)17-8-10-18(24)11-9-17/h5-12H,1-4H3,(H2,25,26,27,28,29). The highest BCUT2D eigenvalue weighted by Gasteiger charge is 2.16. The van der Waals surface area contributed by atoms with Gasteiger partial charge < -0.3 is 0 Å². The number of carbonyl (C=O) groups is 2. The summed E-state index contributed by atoms with van der Waals surface area (Å²) in [6.07, 6.45) is 0. The van der Waals surface area contributed by atoms with Crippen LogP contribution in [0.1, 0.15) is 32.7 Å². The molecule has 0 fully saturated rings. The number of hydrogen-bond donors (Lipinski definition) is 2. The first-order chi connectivity index (χ1) is 13.8. The van der Waals surface area contributed by atoms with Crippen molar-refractivity contribution in [2.24, 2.45) is 0 Å². The van der Waals surface area contributed by atoms with Gasteiger partial charge in [-0.1, -0.05) is 41.9 Å². The SMILES string of the molecule is Cc1cccc(C)c1C(=O)NC(=O)Nc1cc(C)c(-c2ccc(Cl)cc2)c(C)n1. The normalized spacial score (nSPS) is 10.5. The first kappa shape index (κ1) is 20.6. The predicted octanol–water partition coefficient (Wildman–Crippen LogP) is 5.60. The van der Waals surface area contributed by atoms with Crippen molar-refractivity contribution in [3.63, 3.8) is 0 Å². The Labute approximate surface area is 175 Å². The Kier molecular flexibility index (Phi) is 5.99. The highest BCUT2D eigenvalue weighted by Crippen LogP contribution is 2.29. The fourth-order valence-electron chi connectivity index (χ4n) is 3.43. The average Bonchev–Trinajstić information content (AvgIpc) is 2.62. The van der Waals surface area contributed by atoms with E-state index in [1.807, 2.05) is 70.2 Å². The van der Waals surface area contributed by atoms with Gasteiger partial charge in [-0.15, -0.1) is 0 Å². The monoisotopic (exact) mass is 407 g/mol. The molecule has 2 aromatic carbocycles. The second-order valence-electron chi connectivity index (χ2n) is 6.97. The molecule has 3 amide bonds. The number of aromatic nitrogens is 1. The van der Waals surface area contributed by atoms with E-state index in [1.165, 1.54) is 0 Å². The number of rotatable bonds is 3. The highest BCUT2D eigenvalue weighted by molar-refractivity contribution is 6.30. The summed E-state index contributed by atoms with van der Waals surface area (Å²) in [5, 5.41) is 5.69. The number of aryl methyl sites for hydroxylation is 4. The molecule has 1 aromatic heterocycles. The molecule has 0 aliphatic heterocycles. The van der Waals surface area contributed by atoms with Crippen molar-refractivity contribution in [1.82, 2.24) is 10.3 Å². The maximum absolute atomic E-state index is 12.5. The minimum atomic E-state index is -0.622. The van der Waals surface area contributed by atoms with Gasteiger partial charge in [-0.25, -0.2) is 9.78 Å². The summed E-state index contributed by atoms with van der Waals surface area (Å²) in [6.45, 7) is 7.50. The summed E-state index contributed by atoms with van der Waals surface area (Å²) in [5.41, 5.74) is 5.83. The fourth-order valence-corrected chi connectivity index (χ4v) is 3.56. The van der Waals surface area contributed by atoms with E-state index < -0.39 is 11.9 Å². The molecule has 0 unspecified atom stereocenters. The first-order valence-corrected chi connectivity index (χ1v) is 9.57. The molecule has 5 nitrogen and oxygen atoms in total. The molecule has 1 heterocycles. The summed E-state index contributed by atoms with van der Waals surface area (Å²) in [7, 11) is 0. The second-order valence-corrected chi connectivity index (χ2v) is 7.40. The van der Waals surface area contributed by atoms with Crippen molar-refractivity contribution in [1.29, 1.82) is 0 Å². The third kappa shape index (κ3) is 4.63. The zero-order chi connectivity index (χ0) is 21.1. The van der Waals surface area contributed by atoms with Crippen molar-refractivity contribution in [2.75, 3.05) is 5.32 Å². The summed E-state index contributed by atoms with van der Waals surface area (Å²) in [5.74, 6) is -0.0613. The van der Waals surface area contributed by atoms with Crippen molar-refractivity contribution >= 4 is 29.4 Å². The molecule has 0 aliphatic carbocycles. The molecule has 3 rings (SSSR count). The van der Waals surface area contributed by atoms with Crippen molar-refractivity contribution in [3.05, 3.63) is 81.5 Å². The number of imide groups is 1. The molecule has 148 valence electrons. The van der Waals surface area contributed by atoms with Gasteiger partial charge in [-0.05, 0) is 68.1 Å². The lowest BCUT2D eigenvalue weighted by molar-refractivity contribution is 0.0966. The number of amides is 3. The number of pyridine rings is 1. The van der Waals surface area contributed by atoms with Crippen LogP contribution in [0.15, 0.2) is 48.5 Å². The molecule has 0 radical (unpaired) electrons. The zero-order valence-corrected chi connectivity index (χ0v) is 17.5. The Morgan fingerprint density at radius 3 is 2.10 bits per heavy atom. The number of nitrogens with one attached hydrogen (secondary N) is 2. The smallest absolute Gasteiger partial charge is 0.292 e. The number of nitrogens with zero attached hydrogens (tertiary/aromatic N) is 1. The predicted molar refractivity (Wildman–Crippen MR) is 117 cm³/mol. The van der Waals surface area contributed by atoms with Gasteiger partial charge in [0, 0.05) is 21.8 Å². The molecule has 2 N–H and O–H groups in total. The second kappa shape index (κ2) is 8.45. The number of carbonyl (C=O) groups excluding carboxylic acids is 2. The largest absolute Gasteiger partial charge is 0.327 e. The van der Waals surface area contributed by atoms with Crippen LogP contribution >= 0.6 is 11.6 Å². The van der Waals surface area contributed by atoms with Gasteiger partial charge in [0.25, 0.3) is 5.91 Å². The van der Waals surface area contributed by atoms with Gasteiger partial charge in [0.1, 0.15) is 5.82 Å². The molecule has 0 spiro atoms. The topological polar surface area (TPSA) is 71.1 Å². The lowest BCUT2D eigenvalue weighted by Crippen LogP contribution is -2.35. The molecular weight excluding hydrogens is 386 g/mol. The van der Waals surface area contributed by atoms with E-state index >= 15 is 0 Å². The fraction of sp³-hybridized carbons (Fsp3) is 0.174. The molecular formula is C23H22ClN3O2. The van der Waals surface area contributed by atoms with Gasteiger partial charge in [-0.2, -0.15) is 0 Å². The van der Waals surface area contributed by atoms with Gasteiger partial charge in [0.2, 0.25) is 0 Å². The van der Waals surface area contributed by atoms with E-state index in [4.69, 9.17) is 11.6 Å². The van der Waals surface area contributed by atoms with Crippen LogP contribution in [0.3, 0.4) is 0 Å². The number of hydrogen-bond acceptors (Lipinski definition) is 3. The molecule has 29 heavy (non-hydrogen) atoms. The van der Waals surface area contributed by atoms with E-state index in [-0.39, 0.29) is 0 Å². The van der Waals surface area contributed by atoms with Crippen LogP contribution in [0.4, 0.5) is 10.6 Å². The van der Waals surface area contributed by atoms with Gasteiger partial charge in [0.05, 0.1) is 0 Å². The van der Waals surface area contributed by atoms with Gasteiger partial charge >= 0.3 is 6.03 Å². The van der Waals surface area contributed by atoms with Crippen LogP contribution in [0.5, 0.6) is 0 Å². The molecule has 0 saturated heterocycles. The Morgan fingerprint density at radius 2 is 1.52 bits per heavy atom. The zero-order valence-electron chi connectivity index (χ0n) is 16.8. The lowest BCUT2D eigenvalue weighted by Gasteiger charge is -2.14. The number of halogens is 1. The van der Waals surface area contributed by atoms with Crippen LogP contribution in [0, 0.1) is 27.7 Å². The molecule has 0 aliphatic rings. The van der Waals surface area contributed by atoms with Crippen LogP contribution in [0.25, 0.3) is 11.1 Å². The van der Waals surface area contributed by atoms with E-state index in [0.29, 0.717) is 16.4 Å². The van der Waals surface area contributed by atoms with Gasteiger partial charge in [0.15, 0.2) is 0 Å². The summed E-state index contributed by atoms with van der Waals surface area (Å²) < 4.78 is 0. The van der Waals surface area contributed by atoms with E-state index in [2.05, 4.69) is 15.6 Å². The Hall–Kier alpha value is -3.18. The molecule has 0 atom stereocenters. The lowest BCUT2D eigenvalue weighted by atomic mass is 9.99. The third-order valence-electron chi connectivity index (χ3n) is 4.71. The number of urea groups is 1. The van der Waals surface area contributed by atoms with E-state index in [0.717, 1.165) is 33.5 Å². The Bertz CT molecular complexity index is 1050. The minimum Gasteiger partial charge on any atom is -0.292 e. The minimum absolute atomic E-state index is 0.379. The quantitative estimate of drug-likeness (QED) is 0.593. The summed E-state index contributed by atoms with van der Waals surface area (Å²) >= 11 is 5.97. The molecule has 3 aromatic rings. The highest BCUT2D eigenvalue weighted by atomic mass is 35.5. The maximum atomic E-state index is 12.5. The van der Waals surface area contributed by atoms with E-state index in [1.54, 1.807) is 6.07 Å². The van der Waals surface area contributed by atoms with Crippen LogP contribution in [-0.2, 0) is 0 Å². The van der Waals surface area contributed by atoms with Crippen LogP contribution < -0.4 is 10.6 Å². The Balaban J connectivity index is 1.77. The van der Waals surface area contributed by atoms with Crippen LogP contribution in [0.2, 0.25) is 5.02 Å². The van der Waals surface area contributed by atoms with Crippen molar-refractivity contribution in [2.45, 2.75) is 27.7 Å². The summed E-state index contributed by atoms with van der Waals surface area (Å²) in [6, 6.07) is 14.2. The summed E-state index contributed by atoms with van der Waals surface area (Å²) in [4.78, 5) is 29.3. The van der Waals surface area contributed by atoms with E-state index in [9.17, 15) is 9.59 Å². The molecule has 6 heteroatoms. The van der Waals surface area contributed by atoms with Gasteiger partial charge in [-0.3, -0.25) is 15.4 Å². The number of anilines is 1. The molecule has 0 bridgehead atoms. The Morgan fingerprint density at radius 1 is 0.897 bits per heavy atom. The molecule has 0 saturated carbocycles. The van der Waals surface area contributed by atoms with Crippen LogP contribution in [-0.4, -0.2) is 16.9 Å². The maximum Gasteiger partial charge on any atom is 0.327 e. The van der Waals surface area contributed by atoms with Crippen molar-refractivity contribution < 1.29 is 9.59 Å². The van der Waals surface area contributed by atoms with Crippen molar-refractivity contribution in [3.8, 4) is 11.1 Å². The first-order valence-electron chi connectivity index (χ1n) is 9.19. The average molecular weight is 408 g/mol. The third-order valence-corrected chi connectivity index (χ3v) is 4.96.